The van der Waals surface area contributed by atoms with Gasteiger partial charge >= 0.3 is 6.18 Å². The minimum atomic E-state index is -4.73. The maximum atomic E-state index is 15.6. The molecule has 10 nitrogen and oxygen atoms in total. The van der Waals surface area contributed by atoms with Crippen molar-refractivity contribution in [3.8, 4) is 40.2 Å². The van der Waals surface area contributed by atoms with Gasteiger partial charge in [-0.2, -0.15) is 28.6 Å². The van der Waals surface area contributed by atoms with Gasteiger partial charge in [-0.1, -0.05) is 11.6 Å². The van der Waals surface area contributed by atoms with Crippen molar-refractivity contribution in [2.75, 3.05) is 6.61 Å². The molecule has 1 fully saturated rings. The molecule has 0 bridgehead atoms. The first-order valence-electron chi connectivity index (χ1n) is 11.5. The SMILES string of the molecule is Cn1ncc(-c2cc3c(CN)n[nH]c(=O)c3c(OCC(F)(F)F)n2)c1-c1c(F)c(Cl)cc(OC2CC2)c1C#N. The summed E-state index contributed by atoms with van der Waals surface area (Å²) in [5.41, 5.74) is 4.76. The van der Waals surface area contributed by atoms with E-state index in [0.717, 1.165) is 12.8 Å². The van der Waals surface area contributed by atoms with E-state index in [4.69, 9.17) is 26.8 Å². The second-order valence-electron chi connectivity index (χ2n) is 8.72. The zero-order valence-electron chi connectivity index (χ0n) is 20.1. The molecule has 1 aliphatic rings. The number of nitrogens with two attached hydrogens (primary N) is 1. The second kappa shape index (κ2) is 9.83. The van der Waals surface area contributed by atoms with Crippen LogP contribution in [0.25, 0.3) is 33.3 Å². The fraction of sp³-hybridized carbons (Fsp3) is 0.292. The van der Waals surface area contributed by atoms with E-state index in [9.17, 15) is 23.2 Å². The van der Waals surface area contributed by atoms with E-state index in [1.54, 1.807) is 0 Å². The average Bonchev–Trinajstić information content (AvgIpc) is 3.63. The van der Waals surface area contributed by atoms with Crippen molar-refractivity contribution in [2.45, 2.75) is 31.7 Å². The molecule has 0 atom stereocenters. The Kier molecular flexibility index (Phi) is 6.65. The highest BCUT2D eigenvalue weighted by atomic mass is 35.5. The summed E-state index contributed by atoms with van der Waals surface area (Å²) in [4.78, 5) is 16.7. The highest BCUT2D eigenvalue weighted by Gasteiger charge is 2.32. The van der Waals surface area contributed by atoms with Gasteiger partial charge in [0.05, 0.1) is 40.0 Å². The summed E-state index contributed by atoms with van der Waals surface area (Å²) >= 11 is 6.17. The van der Waals surface area contributed by atoms with Gasteiger partial charge in [-0.15, -0.1) is 0 Å². The molecule has 0 radical (unpaired) electrons. The highest BCUT2D eigenvalue weighted by molar-refractivity contribution is 6.31. The molecule has 0 amide bonds. The van der Waals surface area contributed by atoms with Crippen LogP contribution < -0.4 is 20.8 Å². The molecular formula is C24H18ClF4N7O3. The molecule has 39 heavy (non-hydrogen) atoms. The van der Waals surface area contributed by atoms with Crippen LogP contribution in [-0.2, 0) is 13.6 Å². The van der Waals surface area contributed by atoms with Crippen molar-refractivity contribution in [1.82, 2.24) is 25.0 Å². The van der Waals surface area contributed by atoms with Gasteiger partial charge in [-0.25, -0.2) is 14.5 Å². The lowest BCUT2D eigenvalue weighted by atomic mass is 9.98. The van der Waals surface area contributed by atoms with Crippen molar-refractivity contribution >= 4 is 22.4 Å². The Bertz CT molecular complexity index is 1710. The van der Waals surface area contributed by atoms with Crippen LogP contribution in [0.2, 0.25) is 5.02 Å². The Labute approximate surface area is 221 Å². The van der Waals surface area contributed by atoms with E-state index in [2.05, 4.69) is 20.3 Å². The van der Waals surface area contributed by atoms with Crippen molar-refractivity contribution in [3.05, 3.63) is 50.8 Å². The molecule has 15 heteroatoms. The van der Waals surface area contributed by atoms with Gasteiger partial charge in [0, 0.05) is 30.6 Å². The van der Waals surface area contributed by atoms with E-state index in [1.165, 1.54) is 30.1 Å². The number of H-pyrrole nitrogens is 1. The number of nitriles is 1. The van der Waals surface area contributed by atoms with Crippen LogP contribution in [0, 0.1) is 17.1 Å². The van der Waals surface area contributed by atoms with Gasteiger partial charge in [0.15, 0.2) is 12.4 Å². The third-order valence-corrected chi connectivity index (χ3v) is 6.22. The molecule has 4 aromatic rings. The molecule has 0 saturated heterocycles. The summed E-state index contributed by atoms with van der Waals surface area (Å²) in [5.74, 6) is -1.50. The number of ether oxygens (including phenoxy) is 2. The largest absolute Gasteiger partial charge is 0.489 e. The van der Waals surface area contributed by atoms with Crippen molar-refractivity contribution in [3.63, 3.8) is 0 Å². The van der Waals surface area contributed by atoms with Crippen LogP contribution in [0.1, 0.15) is 24.1 Å². The Balaban J connectivity index is 1.78. The molecule has 1 aliphatic carbocycles. The van der Waals surface area contributed by atoms with Crippen LogP contribution in [0.5, 0.6) is 11.6 Å². The molecule has 0 spiro atoms. The Morgan fingerprint density at radius 1 is 1.33 bits per heavy atom. The summed E-state index contributed by atoms with van der Waals surface area (Å²) in [6, 6.07) is 4.53. The van der Waals surface area contributed by atoms with Gasteiger partial charge in [0.1, 0.15) is 22.8 Å². The van der Waals surface area contributed by atoms with Crippen LogP contribution >= 0.6 is 11.6 Å². The maximum absolute atomic E-state index is 15.6. The molecule has 0 unspecified atom stereocenters. The minimum Gasteiger partial charge on any atom is -0.489 e. The smallest absolute Gasteiger partial charge is 0.422 e. The number of aryl methyl sites for hydroxylation is 1. The quantitative estimate of drug-likeness (QED) is 0.321. The van der Waals surface area contributed by atoms with Crippen molar-refractivity contribution < 1.29 is 27.0 Å². The number of hydrogen-bond acceptors (Lipinski definition) is 8. The summed E-state index contributed by atoms with van der Waals surface area (Å²) < 4.78 is 66.6. The van der Waals surface area contributed by atoms with Crippen LogP contribution in [0.15, 0.2) is 23.1 Å². The van der Waals surface area contributed by atoms with Crippen molar-refractivity contribution in [2.24, 2.45) is 12.8 Å². The number of aromatic amines is 1. The zero-order chi connectivity index (χ0) is 28.1. The molecule has 3 heterocycles. The number of halogens is 5. The van der Waals surface area contributed by atoms with Gasteiger partial charge in [-0.05, 0) is 18.9 Å². The van der Waals surface area contributed by atoms with E-state index < -0.39 is 30.0 Å². The van der Waals surface area contributed by atoms with E-state index in [1.807, 2.05) is 6.07 Å². The number of alkyl halides is 3. The number of nitrogens with one attached hydrogen (secondary N) is 1. The van der Waals surface area contributed by atoms with Gasteiger partial charge in [0.2, 0.25) is 5.88 Å². The molecule has 3 aromatic heterocycles. The lowest BCUT2D eigenvalue weighted by Gasteiger charge is -2.16. The molecule has 5 rings (SSSR count). The van der Waals surface area contributed by atoms with Crippen molar-refractivity contribution in [1.29, 1.82) is 5.26 Å². The predicted molar refractivity (Wildman–Crippen MR) is 131 cm³/mol. The van der Waals surface area contributed by atoms with Gasteiger partial charge < -0.3 is 15.2 Å². The highest BCUT2D eigenvalue weighted by Crippen LogP contribution is 2.43. The molecule has 202 valence electrons. The topological polar surface area (TPSA) is 145 Å². The fourth-order valence-electron chi connectivity index (χ4n) is 4.07. The fourth-order valence-corrected chi connectivity index (χ4v) is 4.26. The summed E-state index contributed by atoms with van der Waals surface area (Å²) in [7, 11) is 1.47. The van der Waals surface area contributed by atoms with Gasteiger partial charge in [-0.3, -0.25) is 9.48 Å². The minimum absolute atomic E-state index is 0.0351. The molecule has 1 saturated carbocycles. The predicted octanol–water partition coefficient (Wildman–Crippen LogP) is 3.99. The number of hydrogen-bond donors (Lipinski definition) is 2. The van der Waals surface area contributed by atoms with E-state index >= 15 is 4.39 Å². The zero-order valence-corrected chi connectivity index (χ0v) is 20.8. The number of pyridine rings is 1. The maximum Gasteiger partial charge on any atom is 0.422 e. The first-order valence-corrected chi connectivity index (χ1v) is 11.8. The number of benzene rings is 1. The van der Waals surface area contributed by atoms with Crippen LogP contribution in [-0.4, -0.2) is 43.8 Å². The Morgan fingerprint density at radius 3 is 2.72 bits per heavy atom. The Morgan fingerprint density at radius 2 is 2.08 bits per heavy atom. The number of nitrogens with zero attached hydrogens (tertiary/aromatic N) is 5. The van der Waals surface area contributed by atoms with Gasteiger partial charge in [0.25, 0.3) is 5.56 Å². The standard InChI is InChI=1S/C24H18ClF4N7O3/c1-36-21(18-12(6-30)17(39-10-2-3-10)5-14(25)20(18)26)13(8-32-36)15-4-11-16(7-31)34-35-22(37)19(11)23(33-15)38-9-24(27,28)29/h4-5,8,10H,2-3,7,9,31H2,1H3,(H,35,37). The second-order valence-corrected chi connectivity index (χ2v) is 9.13. The first kappa shape index (κ1) is 26.4. The summed E-state index contributed by atoms with van der Waals surface area (Å²) in [6.45, 7) is -1.92. The van der Waals surface area contributed by atoms with Crippen LogP contribution in [0.3, 0.4) is 0 Å². The third kappa shape index (κ3) is 4.98. The summed E-state index contributed by atoms with van der Waals surface area (Å²) in [5, 5.41) is 19.6. The third-order valence-electron chi connectivity index (χ3n) is 5.95. The molecule has 3 N–H and O–H groups in total. The Hall–Kier alpha value is -4.22. The van der Waals surface area contributed by atoms with E-state index in [-0.39, 0.29) is 68.0 Å². The van der Waals surface area contributed by atoms with E-state index in [0.29, 0.717) is 0 Å². The normalized spacial score (nSPS) is 13.5. The number of aromatic nitrogens is 5. The molecule has 0 aliphatic heterocycles. The monoisotopic (exact) mass is 563 g/mol. The number of fused-ring (bicyclic) bond motifs is 1. The average molecular weight is 564 g/mol. The molecule has 1 aromatic carbocycles. The van der Waals surface area contributed by atoms with Crippen LogP contribution in [0.4, 0.5) is 17.6 Å². The lowest BCUT2D eigenvalue weighted by Crippen LogP contribution is -2.21. The summed E-state index contributed by atoms with van der Waals surface area (Å²) in [6.07, 6.45) is -2.05. The number of rotatable bonds is 7. The lowest BCUT2D eigenvalue weighted by molar-refractivity contribution is -0.153. The first-order chi connectivity index (χ1) is 18.5. The molecular weight excluding hydrogens is 546 g/mol.